The average molecular weight is 969 g/mol. The molecule has 0 N–H and O–H groups in total. The molecule has 370 valence electrons. The highest BCUT2D eigenvalue weighted by Gasteiger charge is 2.48. The Balaban J connectivity index is 1.16. The Bertz CT molecular complexity index is 3750. The van der Waals surface area contributed by atoms with Crippen LogP contribution in [-0.4, -0.2) is 6.71 Å². The molecule has 74 heavy (non-hydrogen) atoms. The van der Waals surface area contributed by atoms with Crippen LogP contribution in [-0.2, 0) is 27.1 Å². The molecule has 8 aromatic rings. The summed E-state index contributed by atoms with van der Waals surface area (Å²) in [5.41, 5.74) is 25.9. The van der Waals surface area contributed by atoms with Crippen molar-refractivity contribution in [2.75, 3.05) is 14.7 Å². The van der Waals surface area contributed by atoms with Crippen LogP contribution in [0.25, 0.3) is 11.1 Å². The topological polar surface area (TPSA) is 9.72 Å². The lowest BCUT2D eigenvalue weighted by Gasteiger charge is -2.48. The first-order valence-electron chi connectivity index (χ1n) is 28.8. The summed E-state index contributed by atoms with van der Waals surface area (Å²) in [5, 5.41) is 0. The van der Waals surface area contributed by atoms with Crippen LogP contribution in [0.3, 0.4) is 0 Å². The van der Waals surface area contributed by atoms with E-state index in [1.165, 1.54) is 66.6 Å². The van der Waals surface area contributed by atoms with Crippen molar-refractivity contribution in [1.29, 1.82) is 0 Å². The average Bonchev–Trinajstić information content (AvgIpc) is 3.46. The number of para-hydroxylation sites is 2. The molecular weight excluding hydrogens is 894 g/mol. The summed E-state index contributed by atoms with van der Waals surface area (Å²) in [4.78, 5) is 7.33. The summed E-state index contributed by atoms with van der Waals surface area (Å²) in [6, 6.07) is 56.7. The van der Waals surface area contributed by atoms with Gasteiger partial charge in [0.05, 0.1) is 0 Å². The standard InChI is InChI=1S/C70H72BN3/c1-43-36-63-65-64(37-43)74(47-27-30-52-54(39-47)67(6,7)33-32-66(52,4)5)62-42-56-55(68(8,9)34-35-69(56,10)11)41-58(62)71(65)57-31-28-48(72(59-24-18-14-20-44(59)2)60-25-19-15-21-45(60)3)40-61(57)73(63)46-26-29-50-49-22-16-17-23-51(49)70(12,13)53(50)38-46/h14-31,36-42H,32-35H2,1-13H3/i1D3. The van der Waals surface area contributed by atoms with Gasteiger partial charge in [0, 0.05) is 60.7 Å². The lowest BCUT2D eigenvalue weighted by atomic mass is 9.33. The van der Waals surface area contributed by atoms with Gasteiger partial charge >= 0.3 is 0 Å². The van der Waals surface area contributed by atoms with Gasteiger partial charge in [0.1, 0.15) is 0 Å². The van der Waals surface area contributed by atoms with E-state index < -0.39 is 6.85 Å². The first kappa shape index (κ1) is 43.6. The van der Waals surface area contributed by atoms with Crippen molar-refractivity contribution < 1.29 is 4.11 Å². The molecule has 0 unspecified atom stereocenters. The fraction of sp³-hybridized carbons (Fsp3) is 0.314. The molecule has 0 spiro atoms. The fourth-order valence-electron chi connectivity index (χ4n) is 14.3. The van der Waals surface area contributed by atoms with Gasteiger partial charge in [-0.15, -0.1) is 0 Å². The maximum Gasteiger partial charge on any atom is 0.252 e. The highest BCUT2D eigenvalue weighted by Crippen LogP contribution is 2.55. The lowest BCUT2D eigenvalue weighted by molar-refractivity contribution is 0.332. The molecule has 2 heterocycles. The smallest absolute Gasteiger partial charge is 0.252 e. The molecule has 0 radical (unpaired) electrons. The SMILES string of the molecule is [2H]C([2H])([2H])c1cc2c3c(c1)N(c1ccc4c(c1)C(C)(C)CCC4(C)C)c1cc4c(cc1B3c1ccc(N(c3ccccc3C)c3ccccc3C)cc1N2c1ccc2c(c1)C(C)(C)c1ccccc1-2)C(C)(C)CCC4(C)C. The van der Waals surface area contributed by atoms with E-state index in [9.17, 15) is 4.11 Å². The van der Waals surface area contributed by atoms with Gasteiger partial charge in [-0.1, -0.05) is 154 Å². The summed E-state index contributed by atoms with van der Waals surface area (Å²) >= 11 is 0. The summed E-state index contributed by atoms with van der Waals surface area (Å²) in [6.07, 6.45) is 4.40. The second-order valence-corrected chi connectivity index (χ2v) is 25.8. The van der Waals surface area contributed by atoms with Crippen molar-refractivity contribution in [1.82, 2.24) is 0 Å². The van der Waals surface area contributed by atoms with Crippen molar-refractivity contribution in [2.45, 2.75) is 143 Å². The summed E-state index contributed by atoms with van der Waals surface area (Å²) < 4.78 is 28.0. The number of fused-ring (bicyclic) bond motifs is 9. The van der Waals surface area contributed by atoms with E-state index >= 15 is 0 Å². The van der Waals surface area contributed by atoms with Crippen LogP contribution in [0.2, 0.25) is 0 Å². The van der Waals surface area contributed by atoms with Gasteiger partial charge in [-0.05, 0) is 212 Å². The minimum Gasteiger partial charge on any atom is -0.311 e. The van der Waals surface area contributed by atoms with Gasteiger partial charge in [-0.3, -0.25) is 0 Å². The zero-order chi connectivity index (χ0) is 54.1. The third-order valence-electron chi connectivity index (χ3n) is 18.9. The van der Waals surface area contributed by atoms with Gasteiger partial charge in [0.2, 0.25) is 0 Å². The van der Waals surface area contributed by atoms with Crippen molar-refractivity contribution in [2.24, 2.45) is 0 Å². The Morgan fingerprint density at radius 2 is 0.932 bits per heavy atom. The van der Waals surface area contributed by atoms with Gasteiger partial charge in [-0.2, -0.15) is 0 Å². The fourth-order valence-corrected chi connectivity index (χ4v) is 14.3. The van der Waals surface area contributed by atoms with Crippen molar-refractivity contribution in [3.63, 3.8) is 0 Å². The van der Waals surface area contributed by atoms with Crippen LogP contribution in [0.15, 0.2) is 152 Å². The van der Waals surface area contributed by atoms with E-state index in [1.807, 2.05) is 12.1 Å². The molecule has 0 amide bonds. The summed E-state index contributed by atoms with van der Waals surface area (Å²) in [7, 11) is 0. The summed E-state index contributed by atoms with van der Waals surface area (Å²) in [5.74, 6) is 0. The minimum absolute atomic E-state index is 0.0339. The Labute approximate surface area is 446 Å². The molecule has 0 saturated heterocycles. The van der Waals surface area contributed by atoms with Gasteiger partial charge < -0.3 is 14.7 Å². The number of anilines is 9. The van der Waals surface area contributed by atoms with E-state index in [0.717, 1.165) is 82.3 Å². The second kappa shape index (κ2) is 15.9. The predicted molar refractivity (Wildman–Crippen MR) is 317 cm³/mol. The zero-order valence-electron chi connectivity index (χ0n) is 48.7. The number of rotatable bonds is 5. The normalized spacial score (nSPS) is 19.1. The molecule has 0 atom stereocenters. The maximum absolute atomic E-state index is 9.34. The number of benzene rings is 8. The molecule has 13 rings (SSSR count). The molecule has 0 fully saturated rings. The third-order valence-corrected chi connectivity index (χ3v) is 18.9. The zero-order valence-corrected chi connectivity index (χ0v) is 45.7. The van der Waals surface area contributed by atoms with Crippen molar-refractivity contribution in [3.8, 4) is 11.1 Å². The van der Waals surface area contributed by atoms with Crippen molar-refractivity contribution >= 4 is 74.3 Å². The molecule has 5 aliphatic rings. The van der Waals surface area contributed by atoms with E-state index in [-0.39, 0.29) is 33.8 Å². The van der Waals surface area contributed by atoms with Gasteiger partial charge in [0.25, 0.3) is 6.71 Å². The summed E-state index contributed by atoms with van der Waals surface area (Å²) in [6.45, 7) is 25.8. The molecule has 0 aromatic heterocycles. The molecule has 3 nitrogen and oxygen atoms in total. The van der Waals surface area contributed by atoms with E-state index in [0.29, 0.717) is 5.56 Å². The number of nitrogens with zero attached hydrogens (tertiary/aromatic N) is 3. The van der Waals surface area contributed by atoms with E-state index in [4.69, 9.17) is 0 Å². The number of hydrogen-bond donors (Lipinski definition) is 0. The first-order chi connectivity index (χ1) is 36.4. The first-order valence-corrected chi connectivity index (χ1v) is 27.3. The molecule has 0 bridgehead atoms. The number of aryl methyl sites for hydroxylation is 3. The van der Waals surface area contributed by atoms with Crippen LogP contribution in [0.1, 0.15) is 149 Å². The molecule has 2 aliphatic heterocycles. The van der Waals surface area contributed by atoms with Crippen LogP contribution in [0.5, 0.6) is 0 Å². The monoisotopic (exact) mass is 969 g/mol. The van der Waals surface area contributed by atoms with E-state index in [1.54, 1.807) is 0 Å². The van der Waals surface area contributed by atoms with Crippen LogP contribution < -0.4 is 31.1 Å². The Morgan fingerprint density at radius 3 is 1.54 bits per heavy atom. The molecule has 0 saturated carbocycles. The molecule has 3 aliphatic carbocycles. The highest BCUT2D eigenvalue weighted by molar-refractivity contribution is 7.00. The van der Waals surface area contributed by atoms with Crippen LogP contribution >= 0.6 is 0 Å². The largest absolute Gasteiger partial charge is 0.311 e. The van der Waals surface area contributed by atoms with Crippen LogP contribution in [0, 0.1) is 20.7 Å². The third kappa shape index (κ3) is 6.78. The molecule has 8 aromatic carbocycles. The Hall–Kier alpha value is -6.78. The Morgan fingerprint density at radius 1 is 0.432 bits per heavy atom. The number of hydrogen-bond acceptors (Lipinski definition) is 3. The quantitative estimate of drug-likeness (QED) is 0.159. The van der Waals surface area contributed by atoms with Gasteiger partial charge in [-0.25, -0.2) is 0 Å². The van der Waals surface area contributed by atoms with Gasteiger partial charge in [0.15, 0.2) is 0 Å². The molecule has 4 heteroatoms. The lowest BCUT2D eigenvalue weighted by Crippen LogP contribution is -2.62. The molecular formula is C70H72BN3. The van der Waals surface area contributed by atoms with E-state index in [2.05, 4.69) is 237 Å². The van der Waals surface area contributed by atoms with Crippen molar-refractivity contribution in [3.05, 3.63) is 202 Å². The van der Waals surface area contributed by atoms with Crippen LogP contribution in [0.4, 0.5) is 51.2 Å². The maximum atomic E-state index is 9.34. The Kier molecular flexibility index (Phi) is 9.35. The minimum atomic E-state index is -2.40. The highest BCUT2D eigenvalue weighted by atomic mass is 15.2. The predicted octanol–water partition coefficient (Wildman–Crippen LogP) is 17.2. The second-order valence-electron chi connectivity index (χ2n) is 25.8.